The fraction of sp³-hybridized carbons (Fsp3) is 0.444. The molecule has 1 aliphatic rings. The predicted molar refractivity (Wildman–Crippen MR) is 95.7 cm³/mol. The third-order valence-electron chi connectivity index (χ3n) is 4.12. The number of ether oxygens (including phenoxy) is 2. The van der Waals surface area contributed by atoms with Crippen LogP contribution in [0.4, 0.5) is 5.95 Å². The maximum Gasteiger partial charge on any atom is 0.317 e. The van der Waals surface area contributed by atoms with Crippen LogP contribution < -0.4 is 10.1 Å². The highest BCUT2D eigenvalue weighted by Gasteiger charge is 2.42. The molecule has 2 aromatic rings. The van der Waals surface area contributed by atoms with Gasteiger partial charge in [0, 0.05) is 11.3 Å². The van der Waals surface area contributed by atoms with Gasteiger partial charge in [-0.15, -0.1) is 0 Å². The number of nitrogens with one attached hydrogen (secondary N) is 1. The summed E-state index contributed by atoms with van der Waals surface area (Å²) in [7, 11) is 0. The Bertz CT molecular complexity index is 789. The van der Waals surface area contributed by atoms with Gasteiger partial charge in [0.25, 0.3) is 0 Å². The van der Waals surface area contributed by atoms with Crippen LogP contribution in [-0.4, -0.2) is 39.4 Å². The zero-order valence-electron chi connectivity index (χ0n) is 15.0. The first-order valence-corrected chi connectivity index (χ1v) is 8.79. The van der Waals surface area contributed by atoms with Gasteiger partial charge in [-0.25, -0.2) is 4.68 Å². The normalized spacial score (nSPS) is 18.8. The van der Waals surface area contributed by atoms with E-state index in [0.29, 0.717) is 30.6 Å². The van der Waals surface area contributed by atoms with E-state index in [1.54, 1.807) is 4.68 Å². The van der Waals surface area contributed by atoms with E-state index in [1.807, 2.05) is 38.1 Å². The molecule has 1 aromatic heterocycles. The fourth-order valence-electron chi connectivity index (χ4n) is 2.96. The van der Waals surface area contributed by atoms with E-state index in [0.717, 1.165) is 18.4 Å². The minimum absolute atomic E-state index is 0.353. The lowest BCUT2D eigenvalue weighted by Gasteiger charge is -2.33. The molecule has 2 atom stereocenters. The van der Waals surface area contributed by atoms with Gasteiger partial charge < -0.3 is 14.8 Å². The summed E-state index contributed by atoms with van der Waals surface area (Å²) < 4.78 is 12.9. The summed E-state index contributed by atoms with van der Waals surface area (Å²) in [6.07, 6.45) is 1.63. The molecule has 2 heterocycles. The highest BCUT2D eigenvalue weighted by Crippen LogP contribution is 2.40. The number of aromatic nitrogens is 4. The van der Waals surface area contributed by atoms with Crippen LogP contribution in [0.2, 0.25) is 0 Å². The Kier molecular flexibility index (Phi) is 5.50. The van der Waals surface area contributed by atoms with Crippen molar-refractivity contribution in [2.45, 2.75) is 32.7 Å². The van der Waals surface area contributed by atoms with Crippen LogP contribution in [0.15, 0.2) is 36.5 Å². The number of carbonyl (C=O) groups excluding carboxylic acids is 1. The summed E-state index contributed by atoms with van der Waals surface area (Å²) in [6.45, 7) is 8.93. The largest absolute Gasteiger partial charge is 0.493 e. The van der Waals surface area contributed by atoms with Crippen molar-refractivity contribution in [3.63, 3.8) is 0 Å². The Hall–Kier alpha value is -2.90. The van der Waals surface area contributed by atoms with E-state index in [1.165, 1.54) is 0 Å². The van der Waals surface area contributed by atoms with Crippen molar-refractivity contribution in [1.29, 1.82) is 0 Å². The molecule has 0 bridgehead atoms. The maximum absolute atomic E-state index is 12.8. The fourth-order valence-corrected chi connectivity index (χ4v) is 2.96. The SMILES string of the molecule is C=C1Nc2nnnn2[C@@H](c2ccccc2OCCC)[C@@H]1C(=O)OCCC. The first-order chi connectivity index (χ1) is 12.7. The molecule has 0 fully saturated rings. The van der Waals surface area contributed by atoms with Crippen LogP contribution in [0.25, 0.3) is 0 Å². The number of nitrogens with zero attached hydrogens (tertiary/aromatic N) is 4. The molecule has 1 aliphatic heterocycles. The average molecular weight is 357 g/mol. The first-order valence-electron chi connectivity index (χ1n) is 8.79. The number of tetrazole rings is 1. The molecule has 26 heavy (non-hydrogen) atoms. The lowest BCUT2D eigenvalue weighted by atomic mass is 9.88. The van der Waals surface area contributed by atoms with Crippen LogP contribution >= 0.6 is 0 Å². The molecular weight excluding hydrogens is 334 g/mol. The Labute approximate surface area is 152 Å². The molecule has 0 radical (unpaired) electrons. The van der Waals surface area contributed by atoms with Crippen molar-refractivity contribution >= 4 is 11.9 Å². The number of hydrogen-bond acceptors (Lipinski definition) is 7. The van der Waals surface area contributed by atoms with E-state index < -0.39 is 12.0 Å². The van der Waals surface area contributed by atoms with Crippen molar-refractivity contribution in [2.24, 2.45) is 5.92 Å². The van der Waals surface area contributed by atoms with Gasteiger partial charge >= 0.3 is 5.97 Å². The van der Waals surface area contributed by atoms with Crippen molar-refractivity contribution < 1.29 is 14.3 Å². The molecule has 0 spiro atoms. The monoisotopic (exact) mass is 357 g/mol. The van der Waals surface area contributed by atoms with Crippen LogP contribution in [-0.2, 0) is 9.53 Å². The third-order valence-corrected chi connectivity index (χ3v) is 4.12. The number of para-hydroxylation sites is 1. The highest BCUT2D eigenvalue weighted by molar-refractivity contribution is 5.79. The van der Waals surface area contributed by atoms with Crippen LogP contribution in [0.5, 0.6) is 5.75 Å². The topological polar surface area (TPSA) is 91.2 Å². The number of fused-ring (bicyclic) bond motifs is 1. The minimum Gasteiger partial charge on any atom is -0.493 e. The number of carbonyl (C=O) groups is 1. The Balaban J connectivity index is 2.05. The second-order valence-corrected chi connectivity index (χ2v) is 6.07. The molecule has 3 rings (SSSR count). The van der Waals surface area contributed by atoms with Crippen molar-refractivity contribution in [3.8, 4) is 5.75 Å². The van der Waals surface area contributed by atoms with Gasteiger partial charge in [0.2, 0.25) is 5.95 Å². The lowest BCUT2D eigenvalue weighted by Crippen LogP contribution is -2.38. The highest BCUT2D eigenvalue weighted by atomic mass is 16.5. The molecular formula is C18H23N5O3. The summed E-state index contributed by atoms with van der Waals surface area (Å²) in [5.74, 6) is 0.110. The molecule has 0 saturated carbocycles. The Morgan fingerprint density at radius 3 is 2.81 bits per heavy atom. The Morgan fingerprint density at radius 1 is 1.27 bits per heavy atom. The van der Waals surface area contributed by atoms with Crippen LogP contribution in [0.1, 0.15) is 38.3 Å². The number of esters is 1. The van der Waals surface area contributed by atoms with Crippen molar-refractivity contribution in [2.75, 3.05) is 18.5 Å². The summed E-state index contributed by atoms with van der Waals surface area (Å²) in [5, 5.41) is 14.8. The smallest absolute Gasteiger partial charge is 0.317 e. The number of rotatable bonds is 7. The van der Waals surface area contributed by atoms with Crippen molar-refractivity contribution in [1.82, 2.24) is 20.2 Å². The maximum atomic E-state index is 12.8. The molecule has 8 nitrogen and oxygen atoms in total. The molecule has 1 N–H and O–H groups in total. The van der Waals surface area contributed by atoms with E-state index in [4.69, 9.17) is 9.47 Å². The molecule has 0 aliphatic carbocycles. The molecule has 0 amide bonds. The van der Waals surface area contributed by atoms with Crippen LogP contribution in [0.3, 0.4) is 0 Å². The average Bonchev–Trinajstić information content (AvgIpc) is 3.11. The van der Waals surface area contributed by atoms with Crippen molar-refractivity contribution in [3.05, 3.63) is 42.1 Å². The summed E-state index contributed by atoms with van der Waals surface area (Å²) >= 11 is 0. The lowest BCUT2D eigenvalue weighted by molar-refractivity contribution is -0.148. The number of benzene rings is 1. The zero-order chi connectivity index (χ0) is 18.5. The molecule has 1 aromatic carbocycles. The van der Waals surface area contributed by atoms with Gasteiger partial charge in [-0.1, -0.05) is 43.7 Å². The van der Waals surface area contributed by atoms with Gasteiger partial charge in [0.1, 0.15) is 17.7 Å². The second kappa shape index (κ2) is 7.99. The Morgan fingerprint density at radius 2 is 2.04 bits per heavy atom. The zero-order valence-corrected chi connectivity index (χ0v) is 15.0. The van der Waals surface area contributed by atoms with E-state index in [9.17, 15) is 4.79 Å². The standard InChI is InChI=1S/C18H23N5O3/c1-4-10-25-14-9-7-6-8-13(14)16-15(17(24)26-11-5-2)12(3)19-18-20-21-22-23(16)18/h6-9,15-16H,3-5,10-11H2,1-2H3,(H,19,20,22)/t15-,16+/m1/s1. The molecule has 0 saturated heterocycles. The van der Waals surface area contributed by atoms with Crippen LogP contribution in [0, 0.1) is 5.92 Å². The second-order valence-electron chi connectivity index (χ2n) is 6.07. The molecule has 138 valence electrons. The van der Waals surface area contributed by atoms with Gasteiger partial charge in [0.05, 0.1) is 13.2 Å². The molecule has 0 unspecified atom stereocenters. The molecule has 8 heteroatoms. The van der Waals surface area contributed by atoms with E-state index in [-0.39, 0.29) is 5.97 Å². The summed E-state index contributed by atoms with van der Waals surface area (Å²) in [4.78, 5) is 12.8. The van der Waals surface area contributed by atoms with Gasteiger partial charge in [-0.3, -0.25) is 4.79 Å². The number of hydrogen-bond donors (Lipinski definition) is 1. The predicted octanol–water partition coefficient (Wildman–Crippen LogP) is 2.56. The van der Waals surface area contributed by atoms with Gasteiger partial charge in [-0.2, -0.15) is 0 Å². The minimum atomic E-state index is -0.663. The summed E-state index contributed by atoms with van der Waals surface area (Å²) in [5.41, 5.74) is 1.32. The third kappa shape index (κ3) is 3.40. The first kappa shape index (κ1) is 17.9. The quantitative estimate of drug-likeness (QED) is 0.761. The van der Waals surface area contributed by atoms with E-state index >= 15 is 0 Å². The summed E-state index contributed by atoms with van der Waals surface area (Å²) in [6, 6.07) is 7.10. The number of anilines is 1. The van der Waals surface area contributed by atoms with E-state index in [2.05, 4.69) is 27.4 Å². The van der Waals surface area contributed by atoms with Gasteiger partial charge in [0.15, 0.2) is 0 Å². The van der Waals surface area contributed by atoms with Gasteiger partial charge in [-0.05, 0) is 29.3 Å².